The van der Waals surface area contributed by atoms with Gasteiger partial charge in [-0.05, 0) is 21.7 Å². The van der Waals surface area contributed by atoms with Gasteiger partial charge in [0.25, 0.3) is 0 Å². The van der Waals surface area contributed by atoms with E-state index in [0.29, 0.717) is 5.82 Å². The lowest BCUT2D eigenvalue weighted by Crippen LogP contribution is -2.34. The molecule has 2 aromatic rings. The summed E-state index contributed by atoms with van der Waals surface area (Å²) in [6, 6.07) is 0. The van der Waals surface area contributed by atoms with Crippen molar-refractivity contribution in [1.29, 1.82) is 5.26 Å². The molecule has 0 aromatic carbocycles. The van der Waals surface area contributed by atoms with Crippen LogP contribution in [-0.2, 0) is 0 Å². The van der Waals surface area contributed by atoms with Crippen molar-refractivity contribution in [3.63, 3.8) is 0 Å². The Morgan fingerprint density at radius 2 is 2.38 bits per heavy atom. The zero-order valence-corrected chi connectivity index (χ0v) is 10.1. The van der Waals surface area contributed by atoms with E-state index in [1.54, 1.807) is 6.20 Å². The molecule has 3 rings (SSSR count). The van der Waals surface area contributed by atoms with Crippen LogP contribution in [0.4, 0.5) is 0 Å². The van der Waals surface area contributed by atoms with Crippen molar-refractivity contribution in [2.24, 2.45) is 0 Å². The van der Waals surface area contributed by atoms with Crippen molar-refractivity contribution in [2.75, 3.05) is 0 Å². The van der Waals surface area contributed by atoms with E-state index in [1.165, 1.54) is 0 Å². The molecule has 0 atom stereocenters. The molecule has 2 heterocycles. The fraction of sp³-hybridized carbons (Fsp3) is 0.300. The van der Waals surface area contributed by atoms with Gasteiger partial charge in [0, 0.05) is 24.6 Å². The predicted molar refractivity (Wildman–Crippen MR) is 64.7 cm³/mol. The molecule has 0 N–H and O–H groups in total. The molecule has 6 heteroatoms. The molecular weight excluding hydrogens is 267 g/mol. The molecule has 0 radical (unpaired) electrons. The van der Waals surface area contributed by atoms with Gasteiger partial charge in [0.05, 0.1) is 5.59 Å². The maximum absolute atomic E-state index is 9.24. The Labute approximate surface area is 102 Å². The smallest absolute Gasteiger partial charge is 0.304 e. The van der Waals surface area contributed by atoms with Crippen LogP contribution < -0.4 is 5.59 Å². The number of rotatable bonds is 2. The highest BCUT2D eigenvalue weighted by Crippen LogP contribution is 2.38. The fourth-order valence-corrected chi connectivity index (χ4v) is 2.36. The minimum Gasteiger partial charge on any atom is -0.304 e. The summed E-state index contributed by atoms with van der Waals surface area (Å²) in [7, 11) is 0. The second-order valence-electron chi connectivity index (χ2n) is 4.05. The van der Waals surface area contributed by atoms with Crippen LogP contribution in [0.3, 0.4) is 0 Å². The molecule has 0 bridgehead atoms. The van der Waals surface area contributed by atoms with Gasteiger partial charge in [-0.3, -0.25) is 0 Å². The molecule has 0 aliphatic heterocycles. The number of fused-ring (bicyclic) bond motifs is 1. The van der Waals surface area contributed by atoms with Crippen molar-refractivity contribution in [3.05, 3.63) is 23.2 Å². The summed E-state index contributed by atoms with van der Waals surface area (Å²) < 4.78 is 2.65. The van der Waals surface area contributed by atoms with E-state index in [1.807, 2.05) is 16.8 Å². The molecule has 1 fully saturated rings. The molecule has 1 saturated carbocycles. The standard InChI is InChI=1S/C10H8BBrN4/c12-8-5-16-4-3-14-10(16)9(15-8)11(6-13)7-1-2-7/h3-5,7H,1-2H2. The number of hydrogen-bond donors (Lipinski definition) is 0. The number of aromatic nitrogens is 3. The van der Waals surface area contributed by atoms with E-state index < -0.39 is 0 Å². The van der Waals surface area contributed by atoms with Crippen LogP contribution in [0.1, 0.15) is 12.8 Å². The first-order chi connectivity index (χ1) is 7.79. The number of halogens is 1. The molecule has 0 saturated heterocycles. The highest BCUT2D eigenvalue weighted by atomic mass is 79.9. The first-order valence-corrected chi connectivity index (χ1v) is 5.97. The van der Waals surface area contributed by atoms with E-state index in [0.717, 1.165) is 28.7 Å². The number of hydrogen-bond acceptors (Lipinski definition) is 3. The Hall–Kier alpha value is -1.35. The molecule has 1 aliphatic rings. The van der Waals surface area contributed by atoms with E-state index >= 15 is 0 Å². The summed E-state index contributed by atoms with van der Waals surface area (Å²) >= 11 is 3.37. The summed E-state index contributed by atoms with van der Waals surface area (Å²) in [4.78, 5) is 8.68. The predicted octanol–water partition coefficient (Wildman–Crippen LogP) is 1.42. The third-order valence-electron chi connectivity index (χ3n) is 2.90. The lowest BCUT2D eigenvalue weighted by molar-refractivity contribution is 1.12. The van der Waals surface area contributed by atoms with Crippen molar-refractivity contribution in [3.8, 4) is 5.97 Å². The van der Waals surface area contributed by atoms with E-state index in [9.17, 15) is 5.26 Å². The van der Waals surface area contributed by atoms with Crippen LogP contribution >= 0.6 is 15.9 Å². The molecular formula is C10H8BBrN4. The monoisotopic (exact) mass is 274 g/mol. The topological polar surface area (TPSA) is 54.0 Å². The van der Waals surface area contributed by atoms with Crippen molar-refractivity contribution >= 4 is 33.9 Å². The Balaban J connectivity index is 2.20. The van der Waals surface area contributed by atoms with Gasteiger partial charge in [0.1, 0.15) is 10.3 Å². The van der Waals surface area contributed by atoms with Crippen LogP contribution in [0.15, 0.2) is 23.2 Å². The molecule has 1 aliphatic carbocycles. The first kappa shape index (κ1) is 9.85. The summed E-state index contributed by atoms with van der Waals surface area (Å²) in [5.74, 6) is 2.82. The summed E-state index contributed by atoms with van der Waals surface area (Å²) in [6.07, 6.45) is 7.70. The zero-order valence-electron chi connectivity index (χ0n) is 8.47. The average molecular weight is 275 g/mol. The van der Waals surface area contributed by atoms with Crippen molar-refractivity contribution < 1.29 is 0 Å². The normalized spacial score (nSPS) is 15.0. The molecule has 2 aromatic heterocycles. The van der Waals surface area contributed by atoms with E-state index in [-0.39, 0.29) is 6.71 Å². The average Bonchev–Trinajstić information content (AvgIpc) is 2.97. The maximum Gasteiger partial charge on any atom is 0.330 e. The first-order valence-electron chi connectivity index (χ1n) is 5.18. The van der Waals surface area contributed by atoms with Gasteiger partial charge >= 0.3 is 6.71 Å². The van der Waals surface area contributed by atoms with Crippen molar-refractivity contribution in [2.45, 2.75) is 18.7 Å². The van der Waals surface area contributed by atoms with Gasteiger partial charge in [0.15, 0.2) is 0 Å². The minimum absolute atomic E-state index is 0.123. The van der Waals surface area contributed by atoms with Crippen molar-refractivity contribution in [1.82, 2.24) is 14.4 Å². The maximum atomic E-state index is 9.24. The van der Waals surface area contributed by atoms with E-state index in [4.69, 9.17) is 0 Å². The minimum atomic E-state index is -0.123. The Kier molecular flexibility index (Phi) is 2.21. The Morgan fingerprint density at radius 3 is 3.06 bits per heavy atom. The zero-order chi connectivity index (χ0) is 11.1. The highest BCUT2D eigenvalue weighted by molar-refractivity contribution is 9.10. The summed E-state index contributed by atoms with van der Waals surface area (Å²) in [6.45, 7) is -0.123. The summed E-state index contributed by atoms with van der Waals surface area (Å²) in [5.41, 5.74) is 1.59. The molecule has 0 unspecified atom stereocenters. The largest absolute Gasteiger partial charge is 0.330 e. The van der Waals surface area contributed by atoms with Crippen LogP contribution in [0.5, 0.6) is 0 Å². The van der Waals surface area contributed by atoms with Gasteiger partial charge in [-0.15, -0.1) is 0 Å². The number of nitriles is 1. The van der Waals surface area contributed by atoms with Gasteiger partial charge in [-0.1, -0.05) is 12.8 Å². The molecule has 78 valence electrons. The van der Waals surface area contributed by atoms with Crippen LogP contribution in [0.2, 0.25) is 5.82 Å². The fourth-order valence-electron chi connectivity index (χ4n) is 1.95. The number of nitrogens with zero attached hydrogens (tertiary/aromatic N) is 4. The lowest BCUT2D eigenvalue weighted by Gasteiger charge is -2.05. The van der Waals surface area contributed by atoms with Gasteiger partial charge in [0.2, 0.25) is 0 Å². The molecule has 4 nitrogen and oxygen atoms in total. The third kappa shape index (κ3) is 1.52. The highest BCUT2D eigenvalue weighted by Gasteiger charge is 2.39. The van der Waals surface area contributed by atoms with Crippen LogP contribution in [0.25, 0.3) is 5.65 Å². The summed E-state index contributed by atoms with van der Waals surface area (Å²) in [5, 5.41) is 9.24. The van der Waals surface area contributed by atoms with E-state index in [2.05, 4.69) is 31.9 Å². The van der Waals surface area contributed by atoms with Crippen LogP contribution in [-0.4, -0.2) is 21.1 Å². The Bertz CT molecular complexity index is 584. The molecule has 0 amide bonds. The SMILES string of the molecule is N#CB(c1nc(Br)cn2ccnc12)C1CC1. The van der Waals surface area contributed by atoms with Gasteiger partial charge < -0.3 is 4.40 Å². The number of imidazole rings is 1. The third-order valence-corrected chi connectivity index (χ3v) is 3.28. The van der Waals surface area contributed by atoms with Gasteiger partial charge in [-0.25, -0.2) is 15.2 Å². The lowest BCUT2D eigenvalue weighted by atomic mass is 9.44. The Morgan fingerprint density at radius 1 is 1.56 bits per heavy atom. The second kappa shape index (κ2) is 3.60. The van der Waals surface area contributed by atoms with Gasteiger partial charge in [-0.2, -0.15) is 0 Å². The second-order valence-corrected chi connectivity index (χ2v) is 4.86. The van der Waals surface area contributed by atoms with Crippen LogP contribution in [0, 0.1) is 11.2 Å². The molecule has 0 spiro atoms. The quantitative estimate of drug-likeness (QED) is 0.779. The molecule has 16 heavy (non-hydrogen) atoms.